The zero-order chi connectivity index (χ0) is 12.7. The summed E-state index contributed by atoms with van der Waals surface area (Å²) in [6.45, 7) is 0. The van der Waals surface area contributed by atoms with Crippen molar-refractivity contribution in [3.63, 3.8) is 0 Å². The monoisotopic (exact) mass is 262 g/mol. The predicted molar refractivity (Wildman–Crippen MR) is 66.7 cm³/mol. The first-order chi connectivity index (χ1) is 8.66. The first-order valence-corrected chi connectivity index (χ1v) is 5.50. The molecule has 0 radical (unpaired) electrons. The maximum Gasteiger partial charge on any atom is 0.419 e. The number of oxazole rings is 1. The molecular formula is C12H7ClN2O3. The van der Waals surface area contributed by atoms with Crippen LogP contribution in [-0.4, -0.2) is 15.1 Å². The van der Waals surface area contributed by atoms with Gasteiger partial charge in [0.25, 0.3) is 0 Å². The zero-order valence-electron chi connectivity index (χ0n) is 8.98. The molecule has 0 aliphatic carbocycles. The Balaban J connectivity index is 2.44. The highest BCUT2D eigenvalue weighted by Gasteiger charge is 2.18. The second-order valence-electron chi connectivity index (χ2n) is 3.69. The molecule has 2 aromatic heterocycles. The molecule has 0 saturated heterocycles. The molecular weight excluding hydrogens is 256 g/mol. The second-order valence-corrected chi connectivity index (χ2v) is 4.10. The van der Waals surface area contributed by atoms with Crippen molar-refractivity contribution >= 4 is 22.5 Å². The Morgan fingerprint density at radius 2 is 2.17 bits per heavy atom. The molecule has 0 saturated carbocycles. The molecule has 0 atom stereocenters. The Labute approximate surface area is 106 Å². The van der Waals surface area contributed by atoms with E-state index in [2.05, 4.69) is 9.97 Å². The molecule has 5 nitrogen and oxygen atoms in total. The number of hydrogen-bond acceptors (Lipinski definition) is 4. The summed E-state index contributed by atoms with van der Waals surface area (Å²) in [5, 5.41) is 10.8. The zero-order valence-corrected chi connectivity index (χ0v) is 9.73. The number of fused-ring (bicyclic) bond motifs is 1. The van der Waals surface area contributed by atoms with Gasteiger partial charge in [-0.25, -0.2) is 4.79 Å². The van der Waals surface area contributed by atoms with Gasteiger partial charge in [-0.15, -0.1) is 0 Å². The molecule has 1 aromatic carbocycles. The predicted octanol–water partition coefficient (Wildman–Crippen LogP) is 2.54. The van der Waals surface area contributed by atoms with Crippen molar-refractivity contribution in [3.05, 3.63) is 46.0 Å². The fraction of sp³-hybridized carbons (Fsp3) is 0. The van der Waals surface area contributed by atoms with Gasteiger partial charge in [-0.2, -0.15) is 0 Å². The minimum absolute atomic E-state index is 0.00528. The van der Waals surface area contributed by atoms with Crippen LogP contribution >= 0.6 is 11.6 Å². The van der Waals surface area contributed by atoms with Crippen molar-refractivity contribution in [3.8, 4) is 17.2 Å². The van der Waals surface area contributed by atoms with Crippen molar-refractivity contribution in [2.75, 3.05) is 0 Å². The smallest absolute Gasteiger partial charge is 0.419 e. The van der Waals surface area contributed by atoms with Gasteiger partial charge in [0.1, 0.15) is 0 Å². The lowest BCUT2D eigenvalue weighted by atomic mass is 10.1. The second kappa shape index (κ2) is 3.89. The molecule has 18 heavy (non-hydrogen) atoms. The Hall–Kier alpha value is -2.27. The third-order valence-corrected chi connectivity index (χ3v) is 2.90. The maximum atomic E-state index is 11.1. The number of nitrogens with zero attached hydrogens (tertiary/aromatic N) is 1. The summed E-state index contributed by atoms with van der Waals surface area (Å²) in [7, 11) is 0. The molecule has 0 unspecified atom stereocenters. The number of hydrogen-bond donors (Lipinski definition) is 2. The van der Waals surface area contributed by atoms with Crippen molar-refractivity contribution in [1.29, 1.82) is 0 Å². The van der Waals surface area contributed by atoms with Crippen molar-refractivity contribution in [2.45, 2.75) is 0 Å². The van der Waals surface area contributed by atoms with Crippen LogP contribution in [0.1, 0.15) is 0 Å². The van der Waals surface area contributed by atoms with Crippen LogP contribution in [0, 0.1) is 0 Å². The van der Waals surface area contributed by atoms with E-state index >= 15 is 0 Å². The van der Waals surface area contributed by atoms with E-state index in [0.29, 0.717) is 16.1 Å². The molecule has 2 N–H and O–H groups in total. The summed E-state index contributed by atoms with van der Waals surface area (Å²) in [5.41, 5.74) is 0.952. The minimum Gasteiger partial charge on any atom is -0.492 e. The first kappa shape index (κ1) is 10.9. The number of H-pyrrole nitrogens is 1. The van der Waals surface area contributed by atoms with Crippen LogP contribution < -0.4 is 5.76 Å². The summed E-state index contributed by atoms with van der Waals surface area (Å²) < 4.78 is 4.90. The Kier molecular flexibility index (Phi) is 2.34. The molecule has 6 heteroatoms. The normalized spacial score (nSPS) is 10.9. The Morgan fingerprint density at radius 1 is 1.33 bits per heavy atom. The van der Waals surface area contributed by atoms with Gasteiger partial charge in [-0.3, -0.25) is 9.97 Å². The number of halogens is 1. The van der Waals surface area contributed by atoms with E-state index in [1.54, 1.807) is 24.4 Å². The lowest BCUT2D eigenvalue weighted by Gasteiger charge is -2.05. The largest absolute Gasteiger partial charge is 0.492 e. The van der Waals surface area contributed by atoms with Gasteiger partial charge in [-0.05, 0) is 12.1 Å². The average molecular weight is 263 g/mol. The van der Waals surface area contributed by atoms with Crippen LogP contribution in [0.3, 0.4) is 0 Å². The lowest BCUT2D eigenvalue weighted by Crippen LogP contribution is -1.93. The SMILES string of the molecule is O=c1[nH]c(O)c(-c2c(Cl)ccc3cccnc23)o1. The van der Waals surface area contributed by atoms with Crippen LogP contribution in [-0.2, 0) is 0 Å². The standard InChI is InChI=1S/C12H7ClN2O3/c13-7-4-3-6-2-1-5-14-9(6)8(7)10-11(16)15-12(17)18-10/h1-5,16H,(H,15,17). The summed E-state index contributed by atoms with van der Waals surface area (Å²) >= 11 is 6.09. The Bertz CT molecular complexity index is 791. The number of nitrogens with one attached hydrogen (secondary N) is 1. The molecule has 0 spiro atoms. The quantitative estimate of drug-likeness (QED) is 0.706. The maximum absolute atomic E-state index is 11.1. The first-order valence-electron chi connectivity index (χ1n) is 5.12. The van der Waals surface area contributed by atoms with Crippen LogP contribution in [0.5, 0.6) is 5.88 Å². The number of pyridine rings is 1. The molecule has 3 aromatic rings. The van der Waals surface area contributed by atoms with Gasteiger partial charge in [0, 0.05) is 11.6 Å². The highest BCUT2D eigenvalue weighted by atomic mass is 35.5. The van der Waals surface area contributed by atoms with Crippen LogP contribution in [0.4, 0.5) is 0 Å². The number of aromatic nitrogens is 2. The van der Waals surface area contributed by atoms with Gasteiger partial charge in [0.15, 0.2) is 0 Å². The van der Waals surface area contributed by atoms with Crippen molar-refractivity contribution < 1.29 is 9.52 Å². The van der Waals surface area contributed by atoms with Gasteiger partial charge >= 0.3 is 5.76 Å². The minimum atomic E-state index is -0.744. The van der Waals surface area contributed by atoms with Gasteiger partial charge in [0.05, 0.1) is 16.1 Å². The van der Waals surface area contributed by atoms with Crippen LogP contribution in [0.15, 0.2) is 39.7 Å². The van der Waals surface area contributed by atoms with E-state index in [1.807, 2.05) is 6.07 Å². The summed E-state index contributed by atoms with van der Waals surface area (Å²) in [6.07, 6.45) is 1.60. The van der Waals surface area contributed by atoms with Gasteiger partial charge in [0.2, 0.25) is 11.6 Å². The molecule has 0 amide bonds. The van der Waals surface area contributed by atoms with Crippen molar-refractivity contribution in [2.24, 2.45) is 0 Å². The molecule has 0 fully saturated rings. The highest BCUT2D eigenvalue weighted by Crippen LogP contribution is 2.37. The van der Waals surface area contributed by atoms with Gasteiger partial charge in [-0.1, -0.05) is 23.7 Å². The summed E-state index contributed by atoms with van der Waals surface area (Å²) in [5.74, 6) is -1.11. The molecule has 90 valence electrons. The molecule has 0 bridgehead atoms. The van der Waals surface area contributed by atoms with E-state index in [4.69, 9.17) is 16.0 Å². The van der Waals surface area contributed by atoms with E-state index in [9.17, 15) is 9.90 Å². The summed E-state index contributed by atoms with van der Waals surface area (Å²) in [4.78, 5) is 17.4. The highest BCUT2D eigenvalue weighted by molar-refractivity contribution is 6.34. The topological polar surface area (TPSA) is 79.1 Å². The number of aromatic hydroxyl groups is 1. The fourth-order valence-electron chi connectivity index (χ4n) is 1.83. The third-order valence-electron chi connectivity index (χ3n) is 2.58. The van der Waals surface area contributed by atoms with E-state index in [1.165, 1.54) is 0 Å². The molecule has 2 heterocycles. The van der Waals surface area contributed by atoms with E-state index < -0.39 is 5.76 Å². The van der Waals surface area contributed by atoms with Crippen molar-refractivity contribution in [1.82, 2.24) is 9.97 Å². The molecule has 3 rings (SSSR count). The Morgan fingerprint density at radius 3 is 2.89 bits per heavy atom. The third kappa shape index (κ3) is 1.56. The number of aromatic amines is 1. The molecule has 0 aliphatic heterocycles. The van der Waals surface area contributed by atoms with Crippen LogP contribution in [0.2, 0.25) is 5.02 Å². The average Bonchev–Trinajstić information content (AvgIpc) is 2.68. The number of benzene rings is 1. The fourth-order valence-corrected chi connectivity index (χ4v) is 2.06. The van der Waals surface area contributed by atoms with E-state index in [0.717, 1.165) is 5.39 Å². The summed E-state index contributed by atoms with van der Waals surface area (Å²) in [6, 6.07) is 7.10. The van der Waals surface area contributed by atoms with Crippen LogP contribution in [0.25, 0.3) is 22.2 Å². The van der Waals surface area contributed by atoms with Gasteiger partial charge < -0.3 is 9.52 Å². The van der Waals surface area contributed by atoms with E-state index in [-0.39, 0.29) is 11.6 Å². The lowest BCUT2D eigenvalue weighted by molar-refractivity contribution is 0.453. The number of rotatable bonds is 1. The molecule has 0 aliphatic rings.